The molecule has 150 valence electrons. The molecule has 0 atom stereocenters. The summed E-state index contributed by atoms with van der Waals surface area (Å²) in [5, 5.41) is 4.08. The fourth-order valence-corrected chi connectivity index (χ4v) is 3.80. The lowest BCUT2D eigenvalue weighted by atomic mass is 9.99. The van der Waals surface area contributed by atoms with Crippen molar-refractivity contribution in [2.45, 2.75) is 4.90 Å². The SMILES string of the molecule is CSc1ccc(C(=O)Nc2ccc(Cl)c(-c3ncco3)c2)c(-c2ccc(Cl)cc2)c1. The lowest BCUT2D eigenvalue weighted by Crippen LogP contribution is -2.13. The van der Waals surface area contributed by atoms with E-state index in [9.17, 15) is 4.79 Å². The van der Waals surface area contributed by atoms with Gasteiger partial charge in [-0.25, -0.2) is 4.98 Å². The van der Waals surface area contributed by atoms with Crippen LogP contribution in [0.5, 0.6) is 0 Å². The Morgan fingerprint density at radius 2 is 1.80 bits per heavy atom. The summed E-state index contributed by atoms with van der Waals surface area (Å²) in [7, 11) is 0. The Bertz CT molecular complexity index is 1190. The lowest BCUT2D eigenvalue weighted by molar-refractivity contribution is 0.102. The molecule has 0 spiro atoms. The number of hydrogen-bond acceptors (Lipinski definition) is 4. The average Bonchev–Trinajstić information content (AvgIpc) is 3.30. The van der Waals surface area contributed by atoms with Crippen LogP contribution in [0, 0.1) is 0 Å². The van der Waals surface area contributed by atoms with Crippen LogP contribution < -0.4 is 5.32 Å². The van der Waals surface area contributed by atoms with E-state index in [4.69, 9.17) is 27.6 Å². The number of anilines is 1. The van der Waals surface area contributed by atoms with Crippen LogP contribution in [0.1, 0.15) is 10.4 Å². The van der Waals surface area contributed by atoms with Crippen LogP contribution >= 0.6 is 35.0 Å². The zero-order valence-electron chi connectivity index (χ0n) is 15.9. The van der Waals surface area contributed by atoms with Crippen molar-refractivity contribution in [3.8, 4) is 22.6 Å². The van der Waals surface area contributed by atoms with Crippen molar-refractivity contribution in [1.82, 2.24) is 4.98 Å². The maximum atomic E-state index is 13.1. The van der Waals surface area contributed by atoms with Crippen LogP contribution in [0.4, 0.5) is 5.69 Å². The predicted octanol–water partition coefficient (Wildman–Crippen LogP) is 7.29. The molecule has 0 bridgehead atoms. The zero-order valence-corrected chi connectivity index (χ0v) is 18.2. The van der Waals surface area contributed by atoms with Crippen molar-refractivity contribution in [2.75, 3.05) is 11.6 Å². The average molecular weight is 455 g/mol. The standard InChI is InChI=1S/C23H16Cl2N2O2S/c1-30-17-7-8-18(19(13-17)14-2-4-15(24)5-3-14)22(28)27-16-6-9-21(25)20(12-16)23-26-10-11-29-23/h2-13H,1H3,(H,27,28). The number of rotatable bonds is 5. The Labute approximate surface area is 188 Å². The molecular weight excluding hydrogens is 439 g/mol. The Morgan fingerprint density at radius 3 is 2.50 bits per heavy atom. The van der Waals surface area contributed by atoms with Gasteiger partial charge in [0.15, 0.2) is 0 Å². The van der Waals surface area contributed by atoms with E-state index in [0.717, 1.165) is 16.0 Å². The summed E-state index contributed by atoms with van der Waals surface area (Å²) in [6.07, 6.45) is 5.02. The third-order valence-electron chi connectivity index (χ3n) is 4.51. The minimum absolute atomic E-state index is 0.228. The van der Waals surface area contributed by atoms with Crippen molar-refractivity contribution in [1.29, 1.82) is 0 Å². The molecule has 1 N–H and O–H groups in total. The second kappa shape index (κ2) is 8.96. The topological polar surface area (TPSA) is 55.1 Å². The number of benzene rings is 3. The zero-order chi connectivity index (χ0) is 21.1. The van der Waals surface area contributed by atoms with E-state index < -0.39 is 0 Å². The molecule has 0 saturated heterocycles. The molecule has 4 rings (SSSR count). The minimum Gasteiger partial charge on any atom is -0.444 e. The third-order valence-corrected chi connectivity index (χ3v) is 5.82. The van der Waals surface area contributed by atoms with Gasteiger partial charge in [0.25, 0.3) is 5.91 Å². The van der Waals surface area contributed by atoms with Gasteiger partial charge in [0.1, 0.15) is 6.26 Å². The Balaban J connectivity index is 1.69. The number of hydrogen-bond donors (Lipinski definition) is 1. The molecule has 1 amide bonds. The molecule has 1 aromatic heterocycles. The first kappa shape index (κ1) is 20.5. The van der Waals surface area contributed by atoms with E-state index in [2.05, 4.69) is 10.3 Å². The van der Waals surface area contributed by atoms with E-state index >= 15 is 0 Å². The van der Waals surface area contributed by atoms with E-state index in [0.29, 0.717) is 32.8 Å². The van der Waals surface area contributed by atoms with Crippen molar-refractivity contribution in [2.24, 2.45) is 0 Å². The molecule has 4 nitrogen and oxygen atoms in total. The maximum absolute atomic E-state index is 13.1. The number of halogens is 2. The summed E-state index contributed by atoms with van der Waals surface area (Å²) in [5.74, 6) is 0.163. The molecule has 0 saturated carbocycles. The highest BCUT2D eigenvalue weighted by Crippen LogP contribution is 2.32. The summed E-state index contributed by atoms with van der Waals surface area (Å²) in [5.41, 5.74) is 3.50. The van der Waals surface area contributed by atoms with Crippen LogP contribution in [0.2, 0.25) is 10.0 Å². The first-order valence-corrected chi connectivity index (χ1v) is 11.0. The number of thioether (sulfide) groups is 1. The van der Waals surface area contributed by atoms with Gasteiger partial charge >= 0.3 is 0 Å². The Hall–Kier alpha value is -2.73. The number of nitrogens with zero attached hydrogens (tertiary/aromatic N) is 1. The van der Waals surface area contributed by atoms with Crippen LogP contribution in [0.3, 0.4) is 0 Å². The molecule has 0 aliphatic heterocycles. The van der Waals surface area contributed by atoms with E-state index in [1.807, 2.05) is 48.7 Å². The second-order valence-electron chi connectivity index (χ2n) is 6.40. The molecule has 0 radical (unpaired) electrons. The number of oxazole rings is 1. The van der Waals surface area contributed by atoms with Gasteiger partial charge in [-0.2, -0.15) is 0 Å². The Kier molecular flexibility index (Phi) is 6.13. The third kappa shape index (κ3) is 4.38. The van der Waals surface area contributed by atoms with Gasteiger partial charge in [0.2, 0.25) is 5.89 Å². The Morgan fingerprint density at radius 1 is 1.00 bits per heavy atom. The highest BCUT2D eigenvalue weighted by Gasteiger charge is 2.16. The molecule has 0 unspecified atom stereocenters. The maximum Gasteiger partial charge on any atom is 0.256 e. The van der Waals surface area contributed by atoms with E-state index in [1.54, 1.807) is 36.2 Å². The number of amides is 1. The van der Waals surface area contributed by atoms with Crippen LogP contribution in [-0.2, 0) is 0 Å². The van der Waals surface area contributed by atoms with Gasteiger partial charge in [-0.1, -0.05) is 35.3 Å². The summed E-state index contributed by atoms with van der Waals surface area (Å²) in [6, 6.07) is 18.4. The minimum atomic E-state index is -0.228. The van der Waals surface area contributed by atoms with E-state index in [-0.39, 0.29) is 5.91 Å². The molecule has 4 aromatic rings. The fraction of sp³-hybridized carbons (Fsp3) is 0.0435. The monoisotopic (exact) mass is 454 g/mol. The van der Waals surface area contributed by atoms with Gasteiger partial charge in [0, 0.05) is 21.2 Å². The molecular formula is C23H16Cl2N2O2S. The van der Waals surface area contributed by atoms with Gasteiger partial charge in [-0.05, 0) is 65.9 Å². The number of carbonyl (C=O) groups is 1. The summed E-state index contributed by atoms with van der Waals surface area (Å²) < 4.78 is 5.34. The molecule has 7 heteroatoms. The summed E-state index contributed by atoms with van der Waals surface area (Å²) >= 11 is 13.9. The molecule has 0 fully saturated rings. The van der Waals surface area contributed by atoms with Gasteiger partial charge < -0.3 is 9.73 Å². The highest BCUT2D eigenvalue weighted by atomic mass is 35.5. The smallest absolute Gasteiger partial charge is 0.256 e. The van der Waals surface area contributed by atoms with Crippen LogP contribution in [0.15, 0.2) is 82.4 Å². The normalized spacial score (nSPS) is 10.8. The van der Waals surface area contributed by atoms with Crippen molar-refractivity contribution in [3.63, 3.8) is 0 Å². The van der Waals surface area contributed by atoms with Gasteiger partial charge in [-0.15, -0.1) is 11.8 Å². The number of aromatic nitrogens is 1. The second-order valence-corrected chi connectivity index (χ2v) is 8.13. The van der Waals surface area contributed by atoms with Crippen LogP contribution in [0.25, 0.3) is 22.6 Å². The first-order chi connectivity index (χ1) is 14.5. The van der Waals surface area contributed by atoms with E-state index in [1.165, 1.54) is 6.26 Å². The predicted molar refractivity (Wildman–Crippen MR) is 124 cm³/mol. The largest absolute Gasteiger partial charge is 0.444 e. The fourth-order valence-electron chi connectivity index (χ4n) is 3.04. The summed E-state index contributed by atoms with van der Waals surface area (Å²) in [4.78, 5) is 18.3. The lowest BCUT2D eigenvalue weighted by Gasteiger charge is -2.13. The molecule has 3 aromatic carbocycles. The van der Waals surface area contributed by atoms with Gasteiger partial charge in [0.05, 0.1) is 16.8 Å². The first-order valence-electron chi connectivity index (χ1n) is 9.00. The number of nitrogens with one attached hydrogen (secondary N) is 1. The molecule has 30 heavy (non-hydrogen) atoms. The highest BCUT2D eigenvalue weighted by molar-refractivity contribution is 7.98. The number of carbonyl (C=O) groups excluding carboxylic acids is 1. The van der Waals surface area contributed by atoms with Crippen molar-refractivity contribution >= 4 is 46.6 Å². The summed E-state index contributed by atoms with van der Waals surface area (Å²) in [6.45, 7) is 0. The van der Waals surface area contributed by atoms with Crippen molar-refractivity contribution in [3.05, 3.63) is 88.7 Å². The van der Waals surface area contributed by atoms with Crippen molar-refractivity contribution < 1.29 is 9.21 Å². The quantitative estimate of drug-likeness (QED) is 0.321. The molecule has 0 aliphatic carbocycles. The van der Waals surface area contributed by atoms with Gasteiger partial charge in [-0.3, -0.25) is 4.79 Å². The molecule has 1 heterocycles. The van der Waals surface area contributed by atoms with Crippen LogP contribution in [-0.4, -0.2) is 17.1 Å². The molecule has 0 aliphatic rings.